The van der Waals surface area contributed by atoms with Crippen LogP contribution in [-0.4, -0.2) is 30.2 Å². The summed E-state index contributed by atoms with van der Waals surface area (Å²) < 4.78 is 8.45. The van der Waals surface area contributed by atoms with Crippen LogP contribution < -0.4 is 15.4 Å². The summed E-state index contributed by atoms with van der Waals surface area (Å²) >= 11 is 1.33. The van der Waals surface area contributed by atoms with E-state index >= 15 is 0 Å². The molecule has 3 rings (SSSR count). The molecule has 1 aliphatic heterocycles. The van der Waals surface area contributed by atoms with Crippen LogP contribution in [0.1, 0.15) is 0 Å². The van der Waals surface area contributed by atoms with E-state index in [0.717, 1.165) is 10.6 Å². The maximum Gasteiger partial charge on any atom is 0.414 e. The number of nitrogens with zero attached hydrogens (tertiary/aromatic N) is 2. The molecule has 0 aromatic heterocycles. The molecule has 1 atom stereocenters. The highest BCUT2D eigenvalue weighted by atomic mass is 32.2. The van der Waals surface area contributed by atoms with Crippen LogP contribution in [0.25, 0.3) is 0 Å². The molecule has 8 nitrogen and oxygen atoms in total. The zero-order chi connectivity index (χ0) is 17.8. The first-order valence-corrected chi connectivity index (χ1v) is 8.32. The van der Waals surface area contributed by atoms with Gasteiger partial charge in [0.05, 0.1) is 11.5 Å². The third kappa shape index (κ3) is 4.20. The average molecular weight is 360 g/mol. The van der Waals surface area contributed by atoms with E-state index in [1.165, 1.54) is 24.1 Å². The van der Waals surface area contributed by atoms with Crippen molar-refractivity contribution in [3.05, 3.63) is 58.6 Å². The van der Waals surface area contributed by atoms with Crippen LogP contribution in [0.3, 0.4) is 0 Å². The smallest absolute Gasteiger partial charge is 0.414 e. The Balaban J connectivity index is 1.50. The lowest BCUT2D eigenvalue weighted by atomic mass is 10.2. The first-order chi connectivity index (χ1) is 12.0. The van der Waals surface area contributed by atoms with Crippen molar-refractivity contribution in [2.45, 2.75) is 11.0 Å². The average Bonchev–Trinajstić information content (AvgIpc) is 2.97. The number of cyclic esters (lactones) is 1. The number of hydrogen-bond acceptors (Lipinski definition) is 7. The fourth-order valence-electron chi connectivity index (χ4n) is 2.35. The number of nitro groups is 1. The van der Waals surface area contributed by atoms with Gasteiger partial charge in [-0.05, 0) is 48.3 Å². The Morgan fingerprint density at radius 3 is 2.56 bits per heavy atom. The summed E-state index contributed by atoms with van der Waals surface area (Å²) in [4.78, 5) is 24.6. The van der Waals surface area contributed by atoms with Gasteiger partial charge in [0.15, 0.2) is 0 Å². The van der Waals surface area contributed by atoms with Crippen molar-refractivity contribution in [2.75, 3.05) is 23.7 Å². The van der Waals surface area contributed by atoms with E-state index in [1.807, 2.05) is 0 Å². The number of nitro benzene ring substituents is 1. The third-order valence-corrected chi connectivity index (χ3v) is 4.45. The Morgan fingerprint density at radius 1 is 1.24 bits per heavy atom. The zero-order valence-electron chi connectivity index (χ0n) is 13.1. The topological polar surface area (TPSA) is 111 Å². The number of carbonyl (C=O) groups is 1. The number of nitrogen functional groups attached to an aromatic ring is 1. The summed E-state index contributed by atoms with van der Waals surface area (Å²) in [6.45, 7) is 0.898. The quantitative estimate of drug-likeness (QED) is 0.353. The number of anilines is 2. The normalized spacial score (nSPS) is 16.7. The summed E-state index contributed by atoms with van der Waals surface area (Å²) in [5.74, 6) is 0. The molecule has 0 saturated carbocycles. The van der Waals surface area contributed by atoms with Gasteiger partial charge in [-0.15, -0.1) is 0 Å². The maximum absolute atomic E-state index is 12.0. The second kappa shape index (κ2) is 7.41. The van der Waals surface area contributed by atoms with Gasteiger partial charge in [0.1, 0.15) is 6.10 Å². The Bertz CT molecular complexity index is 767. The van der Waals surface area contributed by atoms with Crippen LogP contribution in [-0.2, 0) is 4.74 Å². The Morgan fingerprint density at radius 2 is 1.92 bits per heavy atom. The molecular formula is C16H16N4O4S. The van der Waals surface area contributed by atoms with Crippen LogP contribution in [0, 0.1) is 10.1 Å². The van der Waals surface area contributed by atoms with Crippen molar-refractivity contribution in [1.82, 2.24) is 4.72 Å². The van der Waals surface area contributed by atoms with Crippen molar-refractivity contribution in [3.8, 4) is 0 Å². The highest BCUT2D eigenvalue weighted by Crippen LogP contribution is 2.23. The largest absolute Gasteiger partial charge is 0.443 e. The predicted molar refractivity (Wildman–Crippen MR) is 95.4 cm³/mol. The molecule has 1 fully saturated rings. The molecule has 0 aliphatic carbocycles. The number of hydrogen-bond donors (Lipinski definition) is 2. The fourth-order valence-corrected chi connectivity index (χ4v) is 3.05. The first kappa shape index (κ1) is 17.1. The molecule has 0 spiro atoms. The molecule has 1 amide bonds. The lowest BCUT2D eigenvalue weighted by molar-refractivity contribution is -0.384. The van der Waals surface area contributed by atoms with Gasteiger partial charge >= 0.3 is 6.09 Å². The SMILES string of the molecule is Nc1ccc(N2C[C@@H](CNSc3ccc([N+](=O)[O-])cc3)OC2=O)cc1. The number of ether oxygens (including phenoxy) is 1. The minimum atomic E-state index is -0.439. The molecule has 9 heteroatoms. The maximum atomic E-state index is 12.0. The van der Waals surface area contributed by atoms with Crippen molar-refractivity contribution >= 4 is 35.1 Å². The third-order valence-electron chi connectivity index (χ3n) is 3.63. The predicted octanol–water partition coefficient (Wildman–Crippen LogP) is 2.80. The molecule has 1 saturated heterocycles. The van der Waals surface area contributed by atoms with E-state index in [0.29, 0.717) is 18.8 Å². The molecule has 25 heavy (non-hydrogen) atoms. The van der Waals surface area contributed by atoms with Crippen molar-refractivity contribution in [2.24, 2.45) is 0 Å². The zero-order valence-corrected chi connectivity index (χ0v) is 13.9. The first-order valence-electron chi connectivity index (χ1n) is 7.51. The van der Waals surface area contributed by atoms with Crippen molar-refractivity contribution in [3.63, 3.8) is 0 Å². The van der Waals surface area contributed by atoms with Gasteiger partial charge in [-0.25, -0.2) is 4.79 Å². The van der Waals surface area contributed by atoms with Gasteiger partial charge in [-0.1, -0.05) is 0 Å². The van der Waals surface area contributed by atoms with Gasteiger partial charge in [0.2, 0.25) is 0 Å². The summed E-state index contributed by atoms with van der Waals surface area (Å²) in [5, 5.41) is 10.6. The van der Waals surface area contributed by atoms with Gasteiger partial charge in [-0.3, -0.25) is 19.7 Å². The molecule has 2 aromatic carbocycles. The number of amides is 1. The van der Waals surface area contributed by atoms with E-state index in [4.69, 9.17) is 10.5 Å². The fraction of sp³-hybridized carbons (Fsp3) is 0.188. The van der Waals surface area contributed by atoms with Crippen LogP contribution in [0.15, 0.2) is 53.4 Å². The monoisotopic (exact) mass is 360 g/mol. The van der Waals surface area contributed by atoms with Gasteiger partial charge in [-0.2, -0.15) is 0 Å². The van der Waals surface area contributed by atoms with E-state index in [1.54, 1.807) is 41.3 Å². The van der Waals surface area contributed by atoms with Crippen LogP contribution >= 0.6 is 11.9 Å². The molecule has 0 radical (unpaired) electrons. The lowest BCUT2D eigenvalue weighted by Gasteiger charge is -2.13. The Labute approximate surface area is 148 Å². The van der Waals surface area contributed by atoms with Crippen LogP contribution in [0.4, 0.5) is 21.9 Å². The minimum Gasteiger partial charge on any atom is -0.443 e. The molecule has 2 aromatic rings. The summed E-state index contributed by atoms with van der Waals surface area (Å²) in [7, 11) is 0. The van der Waals surface area contributed by atoms with Crippen LogP contribution in [0.2, 0.25) is 0 Å². The highest BCUT2D eigenvalue weighted by molar-refractivity contribution is 7.97. The van der Waals surface area contributed by atoms with Gasteiger partial charge in [0.25, 0.3) is 5.69 Å². The molecule has 130 valence electrons. The van der Waals surface area contributed by atoms with Crippen LogP contribution in [0.5, 0.6) is 0 Å². The number of rotatable bonds is 6. The summed E-state index contributed by atoms with van der Waals surface area (Å²) in [6, 6.07) is 13.2. The van der Waals surface area contributed by atoms with E-state index in [2.05, 4.69) is 4.72 Å². The second-order valence-corrected chi connectivity index (χ2v) is 6.37. The Kier molecular flexibility index (Phi) is 5.05. The standard InChI is InChI=1S/C16H16N4O4S/c17-11-1-3-12(4-2-11)19-10-14(24-16(19)21)9-18-25-15-7-5-13(6-8-15)20(22)23/h1-8,14,18H,9-10,17H2/t14-/m1/s1. The summed E-state index contributed by atoms with van der Waals surface area (Å²) in [6.07, 6.45) is -0.674. The summed E-state index contributed by atoms with van der Waals surface area (Å²) in [5.41, 5.74) is 7.07. The second-order valence-electron chi connectivity index (χ2n) is 5.41. The molecular weight excluding hydrogens is 344 g/mol. The minimum absolute atomic E-state index is 0.0493. The molecule has 0 unspecified atom stereocenters. The Hall–Kier alpha value is -2.78. The number of carbonyl (C=O) groups excluding carboxylic acids is 1. The lowest BCUT2D eigenvalue weighted by Crippen LogP contribution is -2.28. The van der Waals surface area contributed by atoms with E-state index < -0.39 is 11.0 Å². The van der Waals surface area contributed by atoms with Crippen molar-refractivity contribution in [1.29, 1.82) is 0 Å². The van der Waals surface area contributed by atoms with E-state index in [9.17, 15) is 14.9 Å². The molecule has 1 aliphatic rings. The molecule has 3 N–H and O–H groups in total. The van der Waals surface area contributed by atoms with E-state index in [-0.39, 0.29) is 11.8 Å². The van der Waals surface area contributed by atoms with Crippen molar-refractivity contribution < 1.29 is 14.5 Å². The molecule has 1 heterocycles. The highest BCUT2D eigenvalue weighted by Gasteiger charge is 2.32. The number of benzene rings is 2. The van der Waals surface area contributed by atoms with Gasteiger partial charge in [0, 0.05) is 34.9 Å². The van der Waals surface area contributed by atoms with Gasteiger partial charge < -0.3 is 10.5 Å². The number of non-ortho nitro benzene ring substituents is 1. The number of nitrogens with two attached hydrogens (primary N) is 1. The number of nitrogens with one attached hydrogen (secondary N) is 1. The molecule has 0 bridgehead atoms.